The molecule has 0 saturated heterocycles. The molecule has 21 heavy (non-hydrogen) atoms. The summed E-state index contributed by atoms with van der Waals surface area (Å²) in [4.78, 5) is 8.27. The highest BCUT2D eigenvalue weighted by atomic mass is 15.0. The van der Waals surface area contributed by atoms with E-state index in [1.165, 1.54) is 24.1 Å². The summed E-state index contributed by atoms with van der Waals surface area (Å²) in [6, 6.07) is 11.5. The van der Waals surface area contributed by atoms with Gasteiger partial charge in [0, 0.05) is 24.5 Å². The van der Waals surface area contributed by atoms with Crippen molar-refractivity contribution in [2.24, 2.45) is 0 Å². The Kier molecular flexibility index (Phi) is 4.11. The van der Waals surface area contributed by atoms with Crippen molar-refractivity contribution in [1.29, 1.82) is 0 Å². The molecule has 1 heterocycles. The predicted octanol–water partition coefficient (Wildman–Crippen LogP) is 3.77. The van der Waals surface area contributed by atoms with E-state index in [1.807, 2.05) is 6.20 Å². The first-order chi connectivity index (χ1) is 10.3. The highest BCUT2D eigenvalue weighted by molar-refractivity contribution is 5.33. The molecule has 3 nitrogen and oxygen atoms in total. The first kappa shape index (κ1) is 14.3. The first-order valence-corrected chi connectivity index (χ1v) is 8.11. The van der Waals surface area contributed by atoms with E-state index in [4.69, 9.17) is 4.98 Å². The van der Waals surface area contributed by atoms with E-state index in [1.54, 1.807) is 0 Å². The number of rotatable bonds is 7. The standard InChI is InChI=1S/C18H25N3/c1-3-18(4-2,14-8-6-5-7-9-14)17-20-13-16(21-17)12-19-15-10-11-15/h5-9,13,15,19H,3-4,10-12H2,1-2H3,(H,20,21). The Morgan fingerprint density at radius 2 is 1.90 bits per heavy atom. The predicted molar refractivity (Wildman–Crippen MR) is 86.3 cm³/mol. The van der Waals surface area contributed by atoms with Crippen LogP contribution in [-0.2, 0) is 12.0 Å². The van der Waals surface area contributed by atoms with Gasteiger partial charge in [-0.25, -0.2) is 4.98 Å². The quantitative estimate of drug-likeness (QED) is 0.812. The monoisotopic (exact) mass is 283 g/mol. The van der Waals surface area contributed by atoms with Crippen LogP contribution in [0.4, 0.5) is 0 Å². The van der Waals surface area contributed by atoms with Crippen LogP contribution in [0, 0.1) is 0 Å². The number of nitrogens with one attached hydrogen (secondary N) is 2. The number of benzene rings is 1. The third kappa shape index (κ3) is 2.88. The van der Waals surface area contributed by atoms with E-state index in [9.17, 15) is 0 Å². The Bertz CT molecular complexity index is 565. The maximum atomic E-state index is 4.71. The minimum Gasteiger partial charge on any atom is -0.344 e. The van der Waals surface area contributed by atoms with Gasteiger partial charge in [0.05, 0.1) is 5.41 Å². The summed E-state index contributed by atoms with van der Waals surface area (Å²) in [5, 5.41) is 3.54. The smallest absolute Gasteiger partial charge is 0.116 e. The zero-order valence-corrected chi connectivity index (χ0v) is 13.0. The fraction of sp³-hybridized carbons (Fsp3) is 0.500. The summed E-state index contributed by atoms with van der Waals surface area (Å²) in [6.45, 7) is 5.40. The fourth-order valence-electron chi connectivity index (χ4n) is 3.12. The molecule has 1 aromatic carbocycles. The maximum Gasteiger partial charge on any atom is 0.116 e. The van der Waals surface area contributed by atoms with Crippen LogP contribution in [0.25, 0.3) is 0 Å². The summed E-state index contributed by atoms with van der Waals surface area (Å²) in [5.41, 5.74) is 2.55. The van der Waals surface area contributed by atoms with Crippen molar-refractivity contribution in [3.63, 3.8) is 0 Å². The van der Waals surface area contributed by atoms with Crippen molar-refractivity contribution in [3.8, 4) is 0 Å². The highest BCUT2D eigenvalue weighted by Gasteiger charge is 2.33. The average molecular weight is 283 g/mol. The number of aromatic amines is 1. The molecule has 2 N–H and O–H groups in total. The van der Waals surface area contributed by atoms with Crippen molar-refractivity contribution in [2.45, 2.75) is 57.5 Å². The van der Waals surface area contributed by atoms with Gasteiger partial charge in [0.15, 0.2) is 0 Å². The summed E-state index contributed by atoms with van der Waals surface area (Å²) in [6.07, 6.45) is 6.73. The summed E-state index contributed by atoms with van der Waals surface area (Å²) >= 11 is 0. The van der Waals surface area contributed by atoms with Crippen LogP contribution in [-0.4, -0.2) is 16.0 Å². The highest BCUT2D eigenvalue weighted by Crippen LogP contribution is 2.36. The van der Waals surface area contributed by atoms with Crippen molar-refractivity contribution in [2.75, 3.05) is 0 Å². The van der Waals surface area contributed by atoms with Crippen molar-refractivity contribution >= 4 is 0 Å². The number of nitrogens with zero attached hydrogens (tertiary/aromatic N) is 1. The maximum absolute atomic E-state index is 4.71. The lowest BCUT2D eigenvalue weighted by Crippen LogP contribution is -2.27. The van der Waals surface area contributed by atoms with E-state index < -0.39 is 0 Å². The molecule has 0 bridgehead atoms. The second kappa shape index (κ2) is 6.02. The van der Waals surface area contributed by atoms with Gasteiger partial charge in [0.25, 0.3) is 0 Å². The van der Waals surface area contributed by atoms with Crippen molar-refractivity contribution in [1.82, 2.24) is 15.3 Å². The zero-order chi connectivity index (χ0) is 14.7. The van der Waals surface area contributed by atoms with E-state index in [2.05, 4.69) is 54.5 Å². The molecule has 3 rings (SSSR count). The lowest BCUT2D eigenvalue weighted by molar-refractivity contribution is 0.452. The topological polar surface area (TPSA) is 40.7 Å². The Labute approximate surface area is 127 Å². The minimum absolute atomic E-state index is 0.000902. The van der Waals surface area contributed by atoms with Gasteiger partial charge in [0.2, 0.25) is 0 Å². The molecule has 0 spiro atoms. The van der Waals surface area contributed by atoms with Gasteiger partial charge in [-0.05, 0) is 31.2 Å². The van der Waals surface area contributed by atoms with Crippen LogP contribution in [0.2, 0.25) is 0 Å². The molecule has 2 aromatic rings. The Balaban J connectivity index is 1.86. The van der Waals surface area contributed by atoms with Crippen LogP contribution < -0.4 is 5.32 Å². The molecule has 1 aromatic heterocycles. The summed E-state index contributed by atoms with van der Waals surface area (Å²) in [5.74, 6) is 1.10. The van der Waals surface area contributed by atoms with E-state index in [0.717, 1.165) is 31.3 Å². The fourth-order valence-corrected chi connectivity index (χ4v) is 3.12. The second-order valence-corrected chi connectivity index (χ2v) is 6.07. The van der Waals surface area contributed by atoms with Gasteiger partial charge in [-0.1, -0.05) is 44.2 Å². The van der Waals surface area contributed by atoms with Gasteiger partial charge >= 0.3 is 0 Å². The van der Waals surface area contributed by atoms with E-state index in [0.29, 0.717) is 0 Å². The average Bonchev–Trinajstić information content (AvgIpc) is 3.26. The summed E-state index contributed by atoms with van der Waals surface area (Å²) in [7, 11) is 0. The van der Waals surface area contributed by atoms with E-state index in [-0.39, 0.29) is 5.41 Å². The largest absolute Gasteiger partial charge is 0.344 e. The molecular formula is C18H25N3. The van der Waals surface area contributed by atoms with Gasteiger partial charge < -0.3 is 10.3 Å². The molecule has 3 heteroatoms. The minimum atomic E-state index is -0.000902. The number of H-pyrrole nitrogens is 1. The van der Waals surface area contributed by atoms with E-state index >= 15 is 0 Å². The molecule has 0 atom stereocenters. The van der Waals surface area contributed by atoms with Crippen LogP contribution in [0.1, 0.15) is 56.6 Å². The molecule has 112 valence electrons. The third-order valence-corrected chi connectivity index (χ3v) is 4.77. The molecule has 1 saturated carbocycles. The lowest BCUT2D eigenvalue weighted by atomic mass is 9.75. The Hall–Kier alpha value is -1.61. The molecule has 0 unspecified atom stereocenters. The van der Waals surface area contributed by atoms with Crippen LogP contribution in [0.15, 0.2) is 36.5 Å². The molecule has 0 amide bonds. The zero-order valence-electron chi connectivity index (χ0n) is 13.0. The molecular weight excluding hydrogens is 258 g/mol. The van der Waals surface area contributed by atoms with Crippen molar-refractivity contribution < 1.29 is 0 Å². The third-order valence-electron chi connectivity index (χ3n) is 4.77. The SMILES string of the molecule is CCC(CC)(c1ccccc1)c1ncc(CNC2CC2)[nH]1. The lowest BCUT2D eigenvalue weighted by Gasteiger charge is -2.30. The second-order valence-electron chi connectivity index (χ2n) is 6.07. The molecule has 0 aliphatic heterocycles. The van der Waals surface area contributed by atoms with Gasteiger partial charge in [-0.15, -0.1) is 0 Å². The Morgan fingerprint density at radius 1 is 1.19 bits per heavy atom. The number of imidazole rings is 1. The number of hydrogen-bond acceptors (Lipinski definition) is 2. The number of hydrogen-bond donors (Lipinski definition) is 2. The van der Waals surface area contributed by atoms with Gasteiger partial charge in [-0.2, -0.15) is 0 Å². The molecule has 1 aliphatic rings. The molecule has 1 aliphatic carbocycles. The van der Waals surface area contributed by atoms with Crippen LogP contribution in [0.3, 0.4) is 0 Å². The van der Waals surface area contributed by atoms with Gasteiger partial charge in [-0.3, -0.25) is 0 Å². The normalized spacial score (nSPS) is 15.3. The molecule has 1 fully saturated rings. The van der Waals surface area contributed by atoms with Crippen molar-refractivity contribution in [3.05, 3.63) is 53.6 Å². The van der Waals surface area contributed by atoms with Gasteiger partial charge in [0.1, 0.15) is 5.82 Å². The Morgan fingerprint density at radius 3 is 2.52 bits per heavy atom. The number of aromatic nitrogens is 2. The van der Waals surface area contributed by atoms with Crippen LogP contribution in [0.5, 0.6) is 0 Å². The molecule has 0 radical (unpaired) electrons. The first-order valence-electron chi connectivity index (χ1n) is 8.11. The van der Waals surface area contributed by atoms with Crippen LogP contribution >= 0.6 is 0 Å². The summed E-state index contributed by atoms with van der Waals surface area (Å²) < 4.78 is 0.